The molecule has 0 aromatic heterocycles. The van der Waals surface area contributed by atoms with Crippen molar-refractivity contribution in [2.45, 2.75) is 76.8 Å². The molecule has 6 rings (SSSR count). The zero-order valence-electron chi connectivity index (χ0n) is 32.0. The van der Waals surface area contributed by atoms with Gasteiger partial charge in [-0.1, -0.05) is 42.5 Å². The molecule has 0 saturated heterocycles. The normalized spacial score (nSPS) is 15.7. The molecular formula is C47H57ClN5OP. The number of benzene rings is 5. The summed E-state index contributed by atoms with van der Waals surface area (Å²) < 4.78 is 6.06. The van der Waals surface area contributed by atoms with E-state index in [1.54, 1.807) is 0 Å². The molecule has 0 amide bonds. The number of aliphatic imine (C=N–C) groups is 2. The van der Waals surface area contributed by atoms with Gasteiger partial charge in [0.2, 0.25) is 0 Å². The Bertz CT molecular complexity index is 1830. The van der Waals surface area contributed by atoms with Crippen LogP contribution in [0.5, 0.6) is 5.75 Å². The molecular weight excluding hydrogens is 717 g/mol. The van der Waals surface area contributed by atoms with Gasteiger partial charge in [0, 0.05) is 6.54 Å². The zero-order valence-corrected chi connectivity index (χ0v) is 33.7. The molecule has 1 aliphatic heterocycles. The standard InChI is InChI=1S/C47H57ClN5OP/c48-55(42-25-15-10-16-26-42,43-27-17-11-18-28-43,44-29-19-12-20-30-44)38-22-8-6-4-2-1-3-5-7-21-37-54-41-33-31-40(32-34-41)45-51-46(49)53-47(52-45)50-36-35-39-23-13-9-14-24-39/h9-20,23-34,45H,1-8,21-22,35-38H2,(H4,49,50,51,52,53). The van der Waals surface area contributed by atoms with Crippen LogP contribution >= 0.6 is 17.2 Å². The number of nitrogens with zero attached hydrogens (tertiary/aromatic N) is 2. The average molecular weight is 774 g/mol. The number of unbranched alkanes of at least 4 members (excludes halogenated alkanes) is 9. The molecule has 288 valence electrons. The maximum Gasteiger partial charge on any atom is 0.200 e. The van der Waals surface area contributed by atoms with Crippen molar-refractivity contribution in [2.24, 2.45) is 15.7 Å². The molecule has 5 aromatic carbocycles. The van der Waals surface area contributed by atoms with Crippen LogP contribution < -0.4 is 37.0 Å². The fourth-order valence-corrected chi connectivity index (χ4v) is 13.8. The Labute approximate surface area is 333 Å². The number of ether oxygens (including phenoxy) is 1. The number of hydrogen-bond donors (Lipinski definition) is 3. The van der Waals surface area contributed by atoms with E-state index in [9.17, 15) is 0 Å². The number of hydrogen-bond acceptors (Lipinski definition) is 4. The zero-order chi connectivity index (χ0) is 38.0. The Morgan fingerprint density at radius 1 is 0.600 bits per heavy atom. The second-order valence-electron chi connectivity index (χ2n) is 14.5. The van der Waals surface area contributed by atoms with Gasteiger partial charge in [0.1, 0.15) is 5.75 Å². The fourth-order valence-electron chi connectivity index (χ4n) is 7.59. The summed E-state index contributed by atoms with van der Waals surface area (Å²) in [7, 11) is 0. The largest absolute Gasteiger partial charge is 0.330 e. The van der Waals surface area contributed by atoms with Crippen LogP contribution in [-0.2, 0) is 6.42 Å². The van der Waals surface area contributed by atoms with E-state index >= 15 is 0 Å². The van der Waals surface area contributed by atoms with Crippen LogP contribution in [0.4, 0.5) is 0 Å². The van der Waals surface area contributed by atoms with Gasteiger partial charge in [0.25, 0.3) is 0 Å². The summed E-state index contributed by atoms with van der Waals surface area (Å²) in [4.78, 5) is 9.18. The van der Waals surface area contributed by atoms with Crippen molar-refractivity contribution in [2.75, 3.05) is 19.3 Å². The minimum Gasteiger partial charge on any atom is -0.330 e. The van der Waals surface area contributed by atoms with Crippen molar-refractivity contribution < 1.29 is 4.74 Å². The van der Waals surface area contributed by atoms with Crippen molar-refractivity contribution in [3.8, 4) is 5.75 Å². The third-order valence-electron chi connectivity index (χ3n) is 10.6. The van der Waals surface area contributed by atoms with E-state index in [1.165, 1.54) is 72.8 Å². The van der Waals surface area contributed by atoms with Crippen molar-refractivity contribution >= 4 is 45.0 Å². The van der Waals surface area contributed by atoms with Crippen LogP contribution in [-0.4, -0.2) is 31.2 Å². The molecule has 6 nitrogen and oxygen atoms in total. The minimum absolute atomic E-state index is 0.288. The van der Waals surface area contributed by atoms with Gasteiger partial charge in [-0.15, -0.1) is 0 Å². The quantitative estimate of drug-likeness (QED) is 0.0513. The van der Waals surface area contributed by atoms with E-state index in [1.807, 2.05) is 42.5 Å². The van der Waals surface area contributed by atoms with Gasteiger partial charge in [0.05, 0.1) is 0 Å². The monoisotopic (exact) mass is 773 g/mol. The Hall–Kier alpha value is -4.64. The number of guanidine groups is 2. The van der Waals surface area contributed by atoms with Gasteiger partial charge < -0.3 is 15.8 Å². The molecule has 0 spiro atoms. The first kappa shape index (κ1) is 40.0. The second kappa shape index (κ2) is 20.3. The molecule has 0 fully saturated rings. The van der Waals surface area contributed by atoms with Crippen LogP contribution in [0.3, 0.4) is 0 Å². The van der Waals surface area contributed by atoms with Crippen molar-refractivity contribution in [3.05, 3.63) is 157 Å². The molecule has 0 aliphatic carbocycles. The Kier molecular flexibility index (Phi) is 14.8. The summed E-state index contributed by atoms with van der Waals surface area (Å²) >= 11 is 8.22. The summed E-state index contributed by atoms with van der Waals surface area (Å²) in [6, 6.07) is 51.0. The van der Waals surface area contributed by atoms with Crippen molar-refractivity contribution in [1.29, 1.82) is 0 Å². The molecule has 0 saturated carbocycles. The fraction of sp³-hybridized carbons (Fsp3) is 0.319. The Balaban J connectivity index is 0.856. The van der Waals surface area contributed by atoms with E-state index in [4.69, 9.17) is 21.7 Å². The van der Waals surface area contributed by atoms with E-state index in [0.717, 1.165) is 43.3 Å². The van der Waals surface area contributed by atoms with Gasteiger partial charge in [-0.2, -0.15) is 0 Å². The summed E-state index contributed by atoms with van der Waals surface area (Å²) in [5.41, 5.74) is 8.35. The molecule has 8 heteroatoms. The van der Waals surface area contributed by atoms with E-state index < -0.39 is 5.96 Å². The van der Waals surface area contributed by atoms with Gasteiger partial charge in [0.15, 0.2) is 18.1 Å². The Morgan fingerprint density at radius 3 is 1.60 bits per heavy atom. The number of nitrogens with two attached hydrogens (primary N) is 1. The minimum atomic E-state index is -3.14. The van der Waals surface area contributed by atoms with Gasteiger partial charge in [-0.05, 0) is 29.7 Å². The van der Waals surface area contributed by atoms with E-state index in [2.05, 4.69) is 124 Å². The third kappa shape index (κ3) is 10.8. The molecule has 1 heterocycles. The molecule has 1 atom stereocenters. The topological polar surface area (TPSA) is 84.0 Å². The smallest absolute Gasteiger partial charge is 0.200 e. The third-order valence-corrected chi connectivity index (χ3v) is 18.2. The number of halogens is 1. The Morgan fingerprint density at radius 2 is 1.07 bits per heavy atom. The van der Waals surface area contributed by atoms with Gasteiger partial charge >= 0.3 is 201 Å². The molecule has 4 N–H and O–H groups in total. The molecule has 0 radical (unpaired) electrons. The summed E-state index contributed by atoms with van der Waals surface area (Å²) in [6.45, 7) is 1.39. The van der Waals surface area contributed by atoms with Gasteiger partial charge in [-0.25, -0.2) is 4.99 Å². The molecule has 5 aromatic rings. The van der Waals surface area contributed by atoms with Crippen LogP contribution in [0.2, 0.25) is 0 Å². The van der Waals surface area contributed by atoms with Crippen LogP contribution in [0.25, 0.3) is 0 Å². The maximum atomic E-state index is 8.22. The predicted molar refractivity (Wildman–Crippen MR) is 237 cm³/mol. The van der Waals surface area contributed by atoms with E-state index in [0.29, 0.717) is 18.5 Å². The number of rotatable bonds is 21. The number of nitrogens with one attached hydrogen (secondary N) is 2. The van der Waals surface area contributed by atoms with Gasteiger partial charge in [-0.3, -0.25) is 10.3 Å². The molecule has 1 aliphatic rings. The van der Waals surface area contributed by atoms with Crippen LogP contribution in [0.1, 0.15) is 81.5 Å². The average Bonchev–Trinajstić information content (AvgIpc) is 3.24. The maximum absolute atomic E-state index is 8.22. The molecule has 55 heavy (non-hydrogen) atoms. The SMILES string of the molecule is NC1=NC(c2ccc(OCCCCCCCCCCCCP(Cl)(c3ccccc3)(c3ccccc3)c3ccccc3)cc2)NC(=NCCc2ccccc2)N1. The van der Waals surface area contributed by atoms with Crippen molar-refractivity contribution in [1.82, 2.24) is 10.6 Å². The first-order chi connectivity index (χ1) is 27.0. The first-order valence-electron chi connectivity index (χ1n) is 20.1. The van der Waals surface area contributed by atoms with Crippen molar-refractivity contribution in [3.63, 3.8) is 0 Å². The second-order valence-corrected chi connectivity index (χ2v) is 21.1. The summed E-state index contributed by atoms with van der Waals surface area (Å²) in [5, 5.41) is 10.2. The molecule has 1 unspecified atom stereocenters. The van der Waals surface area contributed by atoms with E-state index in [-0.39, 0.29) is 6.17 Å². The first-order valence-corrected chi connectivity index (χ1v) is 23.4. The van der Waals surface area contributed by atoms with Crippen LogP contribution in [0.15, 0.2) is 156 Å². The predicted octanol–water partition coefficient (Wildman–Crippen LogP) is 9.75. The van der Waals surface area contributed by atoms with Crippen LogP contribution in [0, 0.1) is 0 Å². The molecule has 0 bridgehead atoms. The summed E-state index contributed by atoms with van der Waals surface area (Å²) in [6.07, 6.45) is 13.8. The summed E-state index contributed by atoms with van der Waals surface area (Å²) in [5.74, 6) is -1.26.